The molecular formula is C15H18N2O2. The zero-order chi connectivity index (χ0) is 14.2. The molecule has 0 fully saturated rings. The molecule has 0 spiro atoms. The van der Waals surface area contributed by atoms with Gasteiger partial charge in [-0.3, -0.25) is 4.90 Å². The van der Waals surface area contributed by atoms with Crippen LogP contribution in [0.25, 0.3) is 10.8 Å². The Morgan fingerprint density at radius 3 is 2.26 bits per heavy atom. The van der Waals surface area contributed by atoms with Crippen molar-refractivity contribution in [1.82, 2.24) is 0 Å². The van der Waals surface area contributed by atoms with Crippen LogP contribution in [-0.2, 0) is 0 Å². The van der Waals surface area contributed by atoms with E-state index in [9.17, 15) is 9.90 Å². The quantitative estimate of drug-likeness (QED) is 0.766. The molecule has 19 heavy (non-hydrogen) atoms. The molecule has 0 atom stereocenters. The number of fused-ring (bicyclic) bond motifs is 1. The molecule has 2 aromatic carbocycles. The van der Waals surface area contributed by atoms with Crippen LogP contribution < -0.4 is 10.6 Å². The van der Waals surface area contributed by atoms with Gasteiger partial charge in [0.2, 0.25) is 0 Å². The van der Waals surface area contributed by atoms with E-state index in [1.165, 1.54) is 4.90 Å². The van der Waals surface area contributed by atoms with Crippen LogP contribution in [0.1, 0.15) is 20.8 Å². The molecule has 100 valence electrons. The molecule has 0 saturated carbocycles. The summed E-state index contributed by atoms with van der Waals surface area (Å²) in [6.45, 7) is 5.61. The minimum Gasteiger partial charge on any atom is -0.465 e. The third-order valence-electron chi connectivity index (χ3n) is 2.97. The van der Waals surface area contributed by atoms with Gasteiger partial charge in [0.15, 0.2) is 0 Å². The van der Waals surface area contributed by atoms with Crippen LogP contribution in [0.2, 0.25) is 0 Å². The number of benzene rings is 2. The zero-order valence-electron chi connectivity index (χ0n) is 11.3. The van der Waals surface area contributed by atoms with Gasteiger partial charge in [0.05, 0.1) is 0 Å². The first kappa shape index (κ1) is 13.2. The number of carboxylic acid groups (broad SMARTS) is 1. The summed E-state index contributed by atoms with van der Waals surface area (Å²) in [5, 5.41) is 11.4. The van der Waals surface area contributed by atoms with Crippen molar-refractivity contribution < 1.29 is 9.90 Å². The number of anilines is 2. The largest absolute Gasteiger partial charge is 0.465 e. The van der Waals surface area contributed by atoms with E-state index in [1.54, 1.807) is 6.07 Å². The smallest absolute Gasteiger partial charge is 0.412 e. The maximum Gasteiger partial charge on any atom is 0.412 e. The highest BCUT2D eigenvalue weighted by Gasteiger charge is 2.27. The summed E-state index contributed by atoms with van der Waals surface area (Å²) >= 11 is 0. The number of amides is 1. The standard InChI is InChI=1S/C15H18N2O2/c1-15(2,3)17(14(18)19)13-7-5-10-8-12(16)6-4-11(10)9-13/h4-9H,16H2,1-3H3,(H,18,19). The van der Waals surface area contributed by atoms with Gasteiger partial charge in [0.25, 0.3) is 0 Å². The van der Waals surface area contributed by atoms with Crippen molar-refractivity contribution >= 4 is 28.2 Å². The zero-order valence-corrected chi connectivity index (χ0v) is 11.3. The Kier molecular flexibility index (Phi) is 3.10. The molecule has 0 radical (unpaired) electrons. The third kappa shape index (κ3) is 2.62. The topological polar surface area (TPSA) is 66.6 Å². The summed E-state index contributed by atoms with van der Waals surface area (Å²) in [5.41, 5.74) is 6.61. The van der Waals surface area contributed by atoms with Crippen LogP contribution in [0.4, 0.5) is 16.2 Å². The molecule has 3 N–H and O–H groups in total. The second kappa shape index (κ2) is 4.46. The molecule has 0 aromatic heterocycles. The minimum atomic E-state index is -0.956. The van der Waals surface area contributed by atoms with Crippen molar-refractivity contribution in [3.63, 3.8) is 0 Å². The number of nitrogens with zero attached hydrogens (tertiary/aromatic N) is 1. The molecular weight excluding hydrogens is 240 g/mol. The normalized spacial score (nSPS) is 11.5. The van der Waals surface area contributed by atoms with Gasteiger partial charge in [-0.2, -0.15) is 0 Å². The van der Waals surface area contributed by atoms with E-state index in [-0.39, 0.29) is 0 Å². The van der Waals surface area contributed by atoms with Crippen LogP contribution in [0.3, 0.4) is 0 Å². The summed E-state index contributed by atoms with van der Waals surface area (Å²) in [5.74, 6) is 0. The number of hydrogen-bond donors (Lipinski definition) is 2. The van der Waals surface area contributed by atoms with Gasteiger partial charge in [0.1, 0.15) is 0 Å². The van der Waals surface area contributed by atoms with E-state index in [0.29, 0.717) is 11.4 Å². The third-order valence-corrected chi connectivity index (χ3v) is 2.97. The molecule has 0 aliphatic rings. The monoisotopic (exact) mass is 258 g/mol. The van der Waals surface area contributed by atoms with Crippen molar-refractivity contribution in [3.8, 4) is 0 Å². The Labute approximate surface area is 112 Å². The number of nitrogen functional groups attached to an aromatic ring is 1. The summed E-state index contributed by atoms with van der Waals surface area (Å²) in [7, 11) is 0. The minimum absolute atomic E-state index is 0.493. The van der Waals surface area contributed by atoms with E-state index >= 15 is 0 Å². The lowest BCUT2D eigenvalue weighted by molar-refractivity contribution is 0.195. The second-order valence-electron chi connectivity index (χ2n) is 5.58. The van der Waals surface area contributed by atoms with Gasteiger partial charge >= 0.3 is 6.09 Å². The lowest BCUT2D eigenvalue weighted by Crippen LogP contribution is -2.45. The number of nitrogens with two attached hydrogens (primary N) is 1. The Morgan fingerprint density at radius 1 is 1.11 bits per heavy atom. The van der Waals surface area contributed by atoms with Gasteiger partial charge in [0, 0.05) is 16.9 Å². The lowest BCUT2D eigenvalue weighted by Gasteiger charge is -2.33. The van der Waals surface area contributed by atoms with E-state index in [1.807, 2.05) is 51.1 Å². The van der Waals surface area contributed by atoms with Crippen molar-refractivity contribution in [1.29, 1.82) is 0 Å². The molecule has 0 heterocycles. The van der Waals surface area contributed by atoms with Crippen molar-refractivity contribution in [3.05, 3.63) is 36.4 Å². The molecule has 0 saturated heterocycles. The van der Waals surface area contributed by atoms with E-state index < -0.39 is 11.6 Å². The number of carbonyl (C=O) groups is 1. The average molecular weight is 258 g/mol. The predicted molar refractivity (Wildman–Crippen MR) is 78.6 cm³/mol. The Hall–Kier alpha value is -2.23. The first-order chi connectivity index (χ1) is 8.79. The van der Waals surface area contributed by atoms with Crippen LogP contribution >= 0.6 is 0 Å². The highest BCUT2D eigenvalue weighted by Crippen LogP contribution is 2.28. The summed E-state index contributed by atoms with van der Waals surface area (Å²) < 4.78 is 0. The lowest BCUT2D eigenvalue weighted by atomic mass is 10.0. The molecule has 2 rings (SSSR count). The van der Waals surface area contributed by atoms with Crippen molar-refractivity contribution in [2.24, 2.45) is 0 Å². The van der Waals surface area contributed by atoms with Gasteiger partial charge in [-0.25, -0.2) is 4.79 Å². The van der Waals surface area contributed by atoms with Crippen LogP contribution in [0, 0.1) is 0 Å². The number of rotatable bonds is 1. The first-order valence-corrected chi connectivity index (χ1v) is 6.11. The highest BCUT2D eigenvalue weighted by molar-refractivity contribution is 5.94. The fourth-order valence-corrected chi connectivity index (χ4v) is 2.18. The highest BCUT2D eigenvalue weighted by atomic mass is 16.4. The van der Waals surface area contributed by atoms with Crippen molar-refractivity contribution in [2.75, 3.05) is 10.6 Å². The van der Waals surface area contributed by atoms with Gasteiger partial charge in [-0.05, 0) is 55.8 Å². The number of hydrogen-bond acceptors (Lipinski definition) is 2. The van der Waals surface area contributed by atoms with Crippen molar-refractivity contribution in [2.45, 2.75) is 26.3 Å². The average Bonchev–Trinajstić information content (AvgIpc) is 2.27. The molecule has 0 aliphatic heterocycles. The van der Waals surface area contributed by atoms with Gasteiger partial charge in [-0.15, -0.1) is 0 Å². The Bertz CT molecular complexity index is 630. The molecule has 4 heteroatoms. The fraction of sp³-hybridized carbons (Fsp3) is 0.267. The fourth-order valence-electron chi connectivity index (χ4n) is 2.18. The first-order valence-electron chi connectivity index (χ1n) is 6.11. The summed E-state index contributed by atoms with van der Waals surface area (Å²) in [6.07, 6.45) is -0.956. The Balaban J connectivity index is 2.56. The second-order valence-corrected chi connectivity index (χ2v) is 5.58. The van der Waals surface area contributed by atoms with Crippen LogP contribution in [-0.4, -0.2) is 16.7 Å². The summed E-state index contributed by atoms with van der Waals surface area (Å²) in [4.78, 5) is 12.8. The van der Waals surface area contributed by atoms with Gasteiger partial charge in [-0.1, -0.05) is 12.1 Å². The maximum absolute atomic E-state index is 11.4. The summed E-state index contributed by atoms with van der Waals surface area (Å²) in [6, 6.07) is 11.2. The SMILES string of the molecule is CC(C)(C)N(C(=O)O)c1ccc2cc(N)ccc2c1. The molecule has 2 aromatic rings. The Morgan fingerprint density at radius 2 is 1.68 bits per heavy atom. The van der Waals surface area contributed by atoms with E-state index in [4.69, 9.17) is 5.73 Å². The molecule has 4 nitrogen and oxygen atoms in total. The predicted octanol–water partition coefficient (Wildman–Crippen LogP) is 3.70. The molecule has 1 amide bonds. The van der Waals surface area contributed by atoms with Gasteiger partial charge < -0.3 is 10.8 Å². The maximum atomic E-state index is 11.4. The molecule has 0 aliphatic carbocycles. The van der Waals surface area contributed by atoms with Crippen LogP contribution in [0.5, 0.6) is 0 Å². The molecule has 0 bridgehead atoms. The van der Waals surface area contributed by atoms with E-state index in [2.05, 4.69) is 0 Å². The van der Waals surface area contributed by atoms with E-state index in [0.717, 1.165) is 10.8 Å². The molecule has 0 unspecified atom stereocenters. The van der Waals surface area contributed by atoms with Crippen LogP contribution in [0.15, 0.2) is 36.4 Å².